The number of quaternary nitrogens is 1. The summed E-state index contributed by atoms with van der Waals surface area (Å²) in [5.41, 5.74) is 0. The van der Waals surface area contributed by atoms with Gasteiger partial charge in [0, 0.05) is 6.42 Å². The van der Waals surface area contributed by atoms with Crippen LogP contribution in [0.25, 0.3) is 0 Å². The summed E-state index contributed by atoms with van der Waals surface area (Å²) in [5, 5.41) is 8.80. The minimum atomic E-state index is -0.851. The van der Waals surface area contributed by atoms with Crippen molar-refractivity contribution >= 4 is 5.97 Å². The summed E-state index contributed by atoms with van der Waals surface area (Å²) < 4.78 is 12.3. The van der Waals surface area contributed by atoms with E-state index in [1.807, 2.05) is 0 Å². The van der Waals surface area contributed by atoms with Crippen molar-refractivity contribution in [2.24, 2.45) is 0 Å². The van der Waals surface area contributed by atoms with Crippen LogP contribution in [-0.2, 0) is 4.79 Å². The number of rotatable bonds is 5. The predicted octanol–water partition coefficient (Wildman–Crippen LogP) is -2.10. The van der Waals surface area contributed by atoms with Crippen LogP contribution in [0.1, 0.15) is 13.3 Å². The summed E-state index contributed by atoms with van der Waals surface area (Å²) in [7, 11) is 3.48. The molecule has 0 aromatic rings. The van der Waals surface area contributed by atoms with Crippen molar-refractivity contribution in [1.82, 2.24) is 0 Å². The van der Waals surface area contributed by atoms with Gasteiger partial charge in [-0.05, 0) is 0 Å². The van der Waals surface area contributed by atoms with Gasteiger partial charge in [-0.1, -0.05) is 6.92 Å². The second kappa shape index (κ2) is 6.16. The van der Waals surface area contributed by atoms with E-state index in [1.54, 1.807) is 21.0 Å². The van der Waals surface area contributed by atoms with E-state index in [-0.39, 0.29) is 23.4 Å². The smallest absolute Gasteiger partial charge is 0.362 e. The molecule has 0 spiro atoms. The van der Waals surface area contributed by atoms with E-state index in [0.29, 0.717) is 6.42 Å². The van der Waals surface area contributed by atoms with Gasteiger partial charge in [0.05, 0.1) is 14.1 Å². The van der Waals surface area contributed by atoms with Crippen LogP contribution >= 0.6 is 0 Å². The Morgan fingerprint density at radius 3 is 2.23 bits per heavy atom. The summed E-state index contributed by atoms with van der Waals surface area (Å²) in [4.78, 5) is 10.7. The van der Waals surface area contributed by atoms with E-state index in [1.165, 1.54) is 0 Å². The molecule has 0 heterocycles. The quantitative estimate of drug-likeness (QED) is 0.532. The number of carbonyl (C=O) groups is 1. The molecule has 1 N–H and O–H groups in total. The Hall–Kier alpha value is -0.350. The van der Waals surface area contributed by atoms with Gasteiger partial charge in [0.25, 0.3) is 0 Å². The Kier molecular flexibility index (Phi) is 7.17. The Morgan fingerprint density at radius 1 is 1.54 bits per heavy atom. The first-order valence-corrected chi connectivity index (χ1v) is 4.07. The second-order valence-corrected chi connectivity index (χ2v) is 3.45. The minimum Gasteiger partial charge on any atom is -1.00 e. The fourth-order valence-electron chi connectivity index (χ4n) is 1.34. The van der Waals surface area contributed by atoms with Gasteiger partial charge in [-0.15, -0.1) is 0 Å². The van der Waals surface area contributed by atoms with Crippen molar-refractivity contribution in [3.8, 4) is 0 Å². The second-order valence-electron chi connectivity index (χ2n) is 3.45. The van der Waals surface area contributed by atoms with Crippen LogP contribution in [0.4, 0.5) is 4.39 Å². The number of aliphatic carboxylic acids is 1. The van der Waals surface area contributed by atoms with Crippen molar-refractivity contribution in [2.45, 2.75) is 19.4 Å². The molecular formula is C8H17ClFNO2. The highest BCUT2D eigenvalue weighted by molar-refractivity contribution is 5.72. The number of carboxylic acids is 1. The van der Waals surface area contributed by atoms with Crippen LogP contribution < -0.4 is 12.4 Å². The summed E-state index contributed by atoms with van der Waals surface area (Å²) in [6.07, 6.45) is 0.530. The maximum Gasteiger partial charge on any atom is 0.362 e. The van der Waals surface area contributed by atoms with E-state index in [2.05, 4.69) is 0 Å². The molecular weight excluding hydrogens is 197 g/mol. The van der Waals surface area contributed by atoms with Crippen molar-refractivity contribution in [3.63, 3.8) is 0 Å². The molecule has 13 heavy (non-hydrogen) atoms. The summed E-state index contributed by atoms with van der Waals surface area (Å²) >= 11 is 0. The number of likely N-dealkylation sites (N-methyl/N-ethyl adjacent to an activating group) is 1. The number of halogens is 2. The van der Waals surface area contributed by atoms with Crippen LogP contribution in [0.2, 0.25) is 0 Å². The highest BCUT2D eigenvalue weighted by Gasteiger charge is 2.32. The third kappa shape index (κ3) is 4.43. The molecule has 0 rings (SSSR count). The molecule has 0 saturated carbocycles. The summed E-state index contributed by atoms with van der Waals surface area (Å²) in [6, 6.07) is -0.499. The maximum atomic E-state index is 12.0. The number of alkyl halides is 1. The molecule has 1 atom stereocenters. The topological polar surface area (TPSA) is 37.3 Å². The molecule has 1 unspecified atom stereocenters. The Labute approximate surface area is 84.5 Å². The number of hydrogen-bond donors (Lipinski definition) is 1. The molecule has 5 heteroatoms. The average molecular weight is 214 g/mol. The van der Waals surface area contributed by atoms with Crippen LogP contribution in [-0.4, -0.2) is 48.9 Å². The lowest BCUT2D eigenvalue weighted by Gasteiger charge is -2.34. The lowest BCUT2D eigenvalue weighted by molar-refractivity contribution is -0.906. The fourth-order valence-corrected chi connectivity index (χ4v) is 1.34. The van der Waals surface area contributed by atoms with Gasteiger partial charge in [0.2, 0.25) is 0 Å². The first kappa shape index (κ1) is 15.1. The predicted molar refractivity (Wildman–Crippen MR) is 44.7 cm³/mol. The number of carboxylic acid groups (broad SMARTS) is 1. The SMILES string of the molecule is CCC(C(=O)O)[N+](C)(C)CCF.[Cl-]. The third-order valence-electron chi connectivity index (χ3n) is 2.18. The maximum absolute atomic E-state index is 12.0. The van der Waals surface area contributed by atoms with E-state index < -0.39 is 18.7 Å². The van der Waals surface area contributed by atoms with E-state index in [4.69, 9.17) is 5.11 Å². The van der Waals surface area contributed by atoms with Gasteiger partial charge in [0.1, 0.15) is 13.2 Å². The molecule has 3 nitrogen and oxygen atoms in total. The largest absolute Gasteiger partial charge is 1.00 e. The Bertz CT molecular complexity index is 164. The standard InChI is InChI=1S/C8H16FNO2.ClH/c1-4-7(8(11)12)10(2,3)6-5-9;/h7H,4-6H2,1-3H3;1H. The lowest BCUT2D eigenvalue weighted by Crippen LogP contribution is -3.00. The monoisotopic (exact) mass is 213 g/mol. The van der Waals surface area contributed by atoms with Gasteiger partial charge in [-0.25, -0.2) is 9.18 Å². The van der Waals surface area contributed by atoms with Gasteiger partial charge < -0.3 is 22.0 Å². The third-order valence-corrected chi connectivity index (χ3v) is 2.18. The number of nitrogens with zero attached hydrogens (tertiary/aromatic N) is 1. The van der Waals surface area contributed by atoms with E-state index in [0.717, 1.165) is 0 Å². The van der Waals surface area contributed by atoms with Crippen LogP contribution in [0, 0.1) is 0 Å². The summed E-state index contributed by atoms with van der Waals surface area (Å²) in [6.45, 7) is 1.58. The molecule has 80 valence electrons. The van der Waals surface area contributed by atoms with Crippen molar-refractivity contribution in [1.29, 1.82) is 0 Å². The highest BCUT2D eigenvalue weighted by Crippen LogP contribution is 2.10. The molecule has 0 amide bonds. The molecule has 0 aliphatic rings. The zero-order valence-corrected chi connectivity index (χ0v) is 9.01. The Balaban J connectivity index is 0. The van der Waals surface area contributed by atoms with Gasteiger partial charge >= 0.3 is 5.97 Å². The highest BCUT2D eigenvalue weighted by atomic mass is 35.5. The molecule has 0 aromatic carbocycles. The lowest BCUT2D eigenvalue weighted by atomic mass is 10.1. The zero-order chi connectivity index (χ0) is 9.78. The Morgan fingerprint density at radius 2 is 2.00 bits per heavy atom. The molecule has 0 radical (unpaired) electrons. The molecule has 0 bridgehead atoms. The molecule has 0 saturated heterocycles. The molecule has 0 aliphatic heterocycles. The average Bonchev–Trinajstić information content (AvgIpc) is 1.86. The van der Waals surface area contributed by atoms with Crippen molar-refractivity contribution in [3.05, 3.63) is 0 Å². The van der Waals surface area contributed by atoms with Crippen LogP contribution in [0.15, 0.2) is 0 Å². The van der Waals surface area contributed by atoms with Gasteiger partial charge in [-0.3, -0.25) is 0 Å². The first-order valence-electron chi connectivity index (χ1n) is 4.07. The molecule has 0 fully saturated rings. The number of hydrogen-bond acceptors (Lipinski definition) is 1. The van der Waals surface area contributed by atoms with Gasteiger partial charge in [0.15, 0.2) is 6.04 Å². The first-order chi connectivity index (χ1) is 5.45. The molecule has 0 aromatic heterocycles. The summed E-state index contributed by atoms with van der Waals surface area (Å²) in [5.74, 6) is -0.851. The fraction of sp³-hybridized carbons (Fsp3) is 0.875. The zero-order valence-electron chi connectivity index (χ0n) is 8.26. The van der Waals surface area contributed by atoms with Crippen LogP contribution in [0.5, 0.6) is 0 Å². The van der Waals surface area contributed by atoms with E-state index in [9.17, 15) is 9.18 Å². The van der Waals surface area contributed by atoms with Crippen molar-refractivity contribution < 1.29 is 31.2 Å². The molecule has 0 aliphatic carbocycles. The normalized spacial score (nSPS) is 13.2. The minimum absolute atomic E-state index is 0. The van der Waals surface area contributed by atoms with Crippen molar-refractivity contribution in [2.75, 3.05) is 27.3 Å². The van der Waals surface area contributed by atoms with E-state index >= 15 is 0 Å². The van der Waals surface area contributed by atoms with Gasteiger partial charge in [-0.2, -0.15) is 0 Å². The van der Waals surface area contributed by atoms with Crippen LogP contribution in [0.3, 0.4) is 0 Å².